The van der Waals surface area contributed by atoms with E-state index in [9.17, 15) is 0 Å². The smallest absolute Gasteiger partial charge is 0.226 e. The molecule has 1 aliphatic carbocycles. The van der Waals surface area contributed by atoms with Crippen molar-refractivity contribution in [1.82, 2.24) is 15.5 Å². The van der Waals surface area contributed by atoms with E-state index in [2.05, 4.69) is 53.6 Å². The molecular weight excluding hydrogens is 262 g/mol. The fourth-order valence-corrected chi connectivity index (χ4v) is 3.13. The normalized spacial score (nSPS) is 18.7. The van der Waals surface area contributed by atoms with Gasteiger partial charge in [0.05, 0.1) is 0 Å². The van der Waals surface area contributed by atoms with Gasteiger partial charge in [0.2, 0.25) is 5.89 Å². The van der Waals surface area contributed by atoms with Gasteiger partial charge in [-0.1, -0.05) is 36.3 Å². The van der Waals surface area contributed by atoms with Gasteiger partial charge in [-0.15, -0.1) is 0 Å². The Hall–Kier alpha value is -1.68. The second-order valence-electron chi connectivity index (χ2n) is 5.83. The van der Waals surface area contributed by atoms with E-state index in [0.717, 1.165) is 43.9 Å². The van der Waals surface area contributed by atoms with Crippen molar-refractivity contribution in [3.05, 3.63) is 47.1 Å². The average Bonchev–Trinajstić information content (AvgIpc) is 3.12. The molecule has 0 saturated carbocycles. The van der Waals surface area contributed by atoms with E-state index in [1.165, 1.54) is 11.1 Å². The minimum absolute atomic E-state index is 0.310. The molecule has 112 valence electrons. The Balaban J connectivity index is 1.66. The van der Waals surface area contributed by atoms with E-state index in [0.29, 0.717) is 12.0 Å². The number of aryl methyl sites for hydroxylation is 2. The van der Waals surface area contributed by atoms with Crippen LogP contribution in [0.1, 0.15) is 55.4 Å². The molecule has 0 bridgehead atoms. The molecule has 2 atom stereocenters. The van der Waals surface area contributed by atoms with E-state index in [-0.39, 0.29) is 0 Å². The van der Waals surface area contributed by atoms with Gasteiger partial charge in [0.1, 0.15) is 0 Å². The molecule has 0 amide bonds. The van der Waals surface area contributed by atoms with Crippen LogP contribution in [0.2, 0.25) is 0 Å². The zero-order valence-corrected chi connectivity index (χ0v) is 12.8. The monoisotopic (exact) mass is 285 g/mol. The number of benzene rings is 1. The SMILES string of the molecule is CCNC(C)CCc1nc(C2CCc3ccccc32)no1. The molecule has 1 aliphatic rings. The molecule has 4 heteroatoms. The van der Waals surface area contributed by atoms with E-state index >= 15 is 0 Å². The lowest BCUT2D eigenvalue weighted by Crippen LogP contribution is -2.25. The number of nitrogens with zero attached hydrogens (tertiary/aromatic N) is 2. The van der Waals surface area contributed by atoms with Gasteiger partial charge in [-0.2, -0.15) is 4.98 Å². The quantitative estimate of drug-likeness (QED) is 0.886. The third kappa shape index (κ3) is 3.16. The van der Waals surface area contributed by atoms with Crippen molar-refractivity contribution in [2.24, 2.45) is 0 Å². The fraction of sp³-hybridized carbons (Fsp3) is 0.529. The van der Waals surface area contributed by atoms with E-state index in [1.54, 1.807) is 0 Å². The summed E-state index contributed by atoms with van der Waals surface area (Å²) in [5.41, 5.74) is 2.79. The molecule has 1 N–H and O–H groups in total. The topological polar surface area (TPSA) is 51.0 Å². The molecule has 2 aromatic rings. The van der Waals surface area contributed by atoms with Crippen molar-refractivity contribution in [1.29, 1.82) is 0 Å². The first-order valence-electron chi connectivity index (χ1n) is 7.91. The molecule has 1 aromatic heterocycles. The second-order valence-corrected chi connectivity index (χ2v) is 5.83. The van der Waals surface area contributed by atoms with E-state index in [4.69, 9.17) is 4.52 Å². The molecule has 0 aliphatic heterocycles. The first kappa shape index (κ1) is 14.3. The zero-order chi connectivity index (χ0) is 14.7. The molecule has 0 spiro atoms. The summed E-state index contributed by atoms with van der Waals surface area (Å²) in [4.78, 5) is 4.62. The second kappa shape index (κ2) is 6.39. The summed E-state index contributed by atoms with van der Waals surface area (Å²) in [6, 6.07) is 9.07. The van der Waals surface area contributed by atoms with E-state index in [1.807, 2.05) is 0 Å². The van der Waals surface area contributed by atoms with Crippen LogP contribution in [0.5, 0.6) is 0 Å². The number of fused-ring (bicyclic) bond motifs is 1. The van der Waals surface area contributed by atoms with Crippen LogP contribution in [0.4, 0.5) is 0 Å². The highest BCUT2D eigenvalue weighted by Gasteiger charge is 2.27. The molecule has 0 radical (unpaired) electrons. The van der Waals surface area contributed by atoms with Gasteiger partial charge in [-0.3, -0.25) is 0 Å². The van der Waals surface area contributed by atoms with Crippen LogP contribution in [0.25, 0.3) is 0 Å². The lowest BCUT2D eigenvalue weighted by atomic mass is 10.0. The molecule has 21 heavy (non-hydrogen) atoms. The van der Waals surface area contributed by atoms with Crippen molar-refractivity contribution in [2.45, 2.75) is 51.5 Å². The molecule has 3 rings (SSSR count). The van der Waals surface area contributed by atoms with Gasteiger partial charge in [0, 0.05) is 18.4 Å². The van der Waals surface area contributed by atoms with Crippen LogP contribution < -0.4 is 5.32 Å². The van der Waals surface area contributed by atoms with Crippen LogP contribution in [0, 0.1) is 0 Å². The lowest BCUT2D eigenvalue weighted by Gasteiger charge is -2.09. The fourth-order valence-electron chi connectivity index (χ4n) is 3.13. The lowest BCUT2D eigenvalue weighted by molar-refractivity contribution is 0.361. The minimum Gasteiger partial charge on any atom is -0.339 e. The summed E-state index contributed by atoms with van der Waals surface area (Å²) in [6.07, 6.45) is 4.07. The van der Waals surface area contributed by atoms with Crippen LogP contribution in [-0.2, 0) is 12.8 Å². The first-order chi connectivity index (χ1) is 10.3. The summed E-state index contributed by atoms with van der Waals surface area (Å²) < 4.78 is 5.43. The average molecular weight is 285 g/mol. The maximum atomic E-state index is 5.43. The van der Waals surface area contributed by atoms with Crippen molar-refractivity contribution in [3.8, 4) is 0 Å². The van der Waals surface area contributed by atoms with Gasteiger partial charge in [0.15, 0.2) is 5.82 Å². The molecule has 0 fully saturated rings. The number of hydrogen-bond donors (Lipinski definition) is 1. The number of hydrogen-bond acceptors (Lipinski definition) is 4. The molecular formula is C17H23N3O. The highest BCUT2D eigenvalue weighted by Crippen LogP contribution is 2.36. The predicted octanol–water partition coefficient (Wildman–Crippen LogP) is 3.08. The number of rotatable bonds is 6. The molecule has 2 unspecified atom stereocenters. The van der Waals surface area contributed by atoms with Crippen LogP contribution in [0.3, 0.4) is 0 Å². The Labute approximate surface area is 126 Å². The Morgan fingerprint density at radius 2 is 2.24 bits per heavy atom. The van der Waals surface area contributed by atoms with Crippen molar-refractivity contribution in [2.75, 3.05) is 6.54 Å². The van der Waals surface area contributed by atoms with E-state index < -0.39 is 0 Å². The minimum atomic E-state index is 0.310. The van der Waals surface area contributed by atoms with Crippen molar-refractivity contribution in [3.63, 3.8) is 0 Å². The highest BCUT2D eigenvalue weighted by atomic mass is 16.5. The summed E-state index contributed by atoms with van der Waals surface area (Å²) in [7, 11) is 0. The summed E-state index contributed by atoms with van der Waals surface area (Å²) in [5, 5.41) is 7.62. The largest absolute Gasteiger partial charge is 0.339 e. The van der Waals surface area contributed by atoms with Gasteiger partial charge in [0.25, 0.3) is 0 Å². The Morgan fingerprint density at radius 3 is 3.10 bits per heavy atom. The summed E-state index contributed by atoms with van der Waals surface area (Å²) >= 11 is 0. The molecule has 1 aromatic carbocycles. The maximum absolute atomic E-state index is 5.43. The van der Waals surface area contributed by atoms with Gasteiger partial charge < -0.3 is 9.84 Å². The molecule has 1 heterocycles. The van der Waals surface area contributed by atoms with Gasteiger partial charge >= 0.3 is 0 Å². The summed E-state index contributed by atoms with van der Waals surface area (Å²) in [5.74, 6) is 1.93. The Morgan fingerprint density at radius 1 is 1.38 bits per heavy atom. The zero-order valence-electron chi connectivity index (χ0n) is 12.8. The van der Waals surface area contributed by atoms with Crippen LogP contribution >= 0.6 is 0 Å². The van der Waals surface area contributed by atoms with Gasteiger partial charge in [-0.05, 0) is 43.9 Å². The summed E-state index contributed by atoms with van der Waals surface area (Å²) in [6.45, 7) is 5.31. The van der Waals surface area contributed by atoms with Crippen molar-refractivity contribution < 1.29 is 4.52 Å². The molecule has 0 saturated heterocycles. The number of aromatic nitrogens is 2. The standard InChI is InChI=1S/C17H23N3O/c1-3-18-12(2)8-11-16-19-17(20-21-16)15-10-9-13-6-4-5-7-14(13)15/h4-7,12,15,18H,3,8-11H2,1-2H3. The predicted molar refractivity (Wildman–Crippen MR) is 82.4 cm³/mol. The molecule has 4 nitrogen and oxygen atoms in total. The third-order valence-corrected chi connectivity index (χ3v) is 4.27. The highest BCUT2D eigenvalue weighted by molar-refractivity contribution is 5.38. The van der Waals surface area contributed by atoms with Crippen molar-refractivity contribution >= 4 is 0 Å². The first-order valence-corrected chi connectivity index (χ1v) is 7.91. The van der Waals surface area contributed by atoms with Crippen LogP contribution in [0.15, 0.2) is 28.8 Å². The Bertz CT molecular complexity index is 593. The number of nitrogens with one attached hydrogen (secondary N) is 1. The van der Waals surface area contributed by atoms with Crippen LogP contribution in [-0.4, -0.2) is 22.7 Å². The maximum Gasteiger partial charge on any atom is 0.226 e. The van der Waals surface area contributed by atoms with Gasteiger partial charge in [-0.25, -0.2) is 0 Å². The third-order valence-electron chi connectivity index (χ3n) is 4.27. The Kier molecular flexibility index (Phi) is 4.34.